The number of carbonyl (C=O) groups is 1. The summed E-state index contributed by atoms with van der Waals surface area (Å²) in [6.07, 6.45) is -2.99. The Morgan fingerprint density at radius 2 is 1.63 bits per heavy atom. The van der Waals surface area contributed by atoms with Gasteiger partial charge < -0.3 is 33.0 Å². The zero-order chi connectivity index (χ0) is 36.6. The van der Waals surface area contributed by atoms with E-state index in [1.54, 1.807) is 32.0 Å². The number of fused-ring (bicyclic) bond motifs is 2. The second-order valence-corrected chi connectivity index (χ2v) is 15.4. The van der Waals surface area contributed by atoms with Gasteiger partial charge in [0.05, 0.1) is 19.8 Å². The Labute approximate surface area is 305 Å². The number of hydrogen-bond acceptors (Lipinski definition) is 13. The number of methoxy groups -OCH3 is 1. The van der Waals surface area contributed by atoms with E-state index in [1.165, 1.54) is 31.0 Å². The van der Waals surface area contributed by atoms with Gasteiger partial charge in [-0.1, -0.05) is 78.0 Å². The molecule has 0 saturated carbocycles. The third-order valence-corrected chi connectivity index (χ3v) is 11.1. The molecule has 0 unspecified atom stereocenters. The normalized spacial score (nSPS) is 21.9. The standard InChI is InChI=1S/C38H37NO11S2/c1-22-15-17-25(18-16-22)52(42,43)50-33-29(37(41)44-4)26(19-27-32(33)46-21-45-27)28-30(39-47-20-23-11-7-5-8-12-23)34-35(49-38(2,3)48-34)31(40)36(28)51-24-13-9-6-10-14-24/h5-19,30-31,34-35,39-40H,20-21H2,1-4H3/t30-,31-,34+,35-/m1/s1. The fourth-order valence-electron chi connectivity index (χ4n) is 6.36. The topological polar surface area (TPSA) is 148 Å². The van der Waals surface area contributed by atoms with Gasteiger partial charge in [0.25, 0.3) is 0 Å². The van der Waals surface area contributed by atoms with E-state index in [0.717, 1.165) is 16.0 Å². The first-order valence-electron chi connectivity index (χ1n) is 16.4. The van der Waals surface area contributed by atoms with Gasteiger partial charge in [-0.05, 0) is 62.2 Å². The first-order valence-corrected chi connectivity index (χ1v) is 18.7. The van der Waals surface area contributed by atoms with Crippen LogP contribution in [-0.4, -0.2) is 63.5 Å². The maximum atomic E-state index is 14.0. The van der Waals surface area contributed by atoms with Crippen LogP contribution in [0.3, 0.4) is 0 Å². The van der Waals surface area contributed by atoms with Gasteiger partial charge in [0.2, 0.25) is 18.3 Å². The average molecular weight is 748 g/mol. The molecule has 1 saturated heterocycles. The number of esters is 1. The van der Waals surface area contributed by atoms with Crippen LogP contribution in [0.1, 0.15) is 40.9 Å². The van der Waals surface area contributed by atoms with Crippen LogP contribution in [0.25, 0.3) is 5.57 Å². The number of nitrogens with one attached hydrogen (secondary N) is 1. The molecule has 2 N–H and O–H groups in total. The molecule has 4 atom stereocenters. The lowest BCUT2D eigenvalue weighted by molar-refractivity contribution is -0.154. The number of aryl methyl sites for hydroxylation is 1. The first kappa shape index (κ1) is 36.0. The lowest BCUT2D eigenvalue weighted by Gasteiger charge is -2.39. The van der Waals surface area contributed by atoms with Crippen LogP contribution in [0.2, 0.25) is 0 Å². The fourth-order valence-corrected chi connectivity index (χ4v) is 8.46. The zero-order valence-electron chi connectivity index (χ0n) is 28.7. The van der Waals surface area contributed by atoms with Gasteiger partial charge in [0.15, 0.2) is 11.5 Å². The van der Waals surface area contributed by atoms with Crippen LogP contribution in [0.5, 0.6) is 17.2 Å². The maximum Gasteiger partial charge on any atom is 0.342 e. The Balaban J connectivity index is 1.45. The maximum absolute atomic E-state index is 14.0. The summed E-state index contributed by atoms with van der Waals surface area (Å²) in [7, 11) is -3.35. The molecular weight excluding hydrogens is 711 g/mol. The molecule has 3 aliphatic rings. The molecule has 0 radical (unpaired) electrons. The second-order valence-electron chi connectivity index (χ2n) is 12.8. The number of benzene rings is 4. The molecule has 2 aliphatic heterocycles. The molecule has 7 rings (SSSR count). The van der Waals surface area contributed by atoms with Crippen molar-refractivity contribution in [1.29, 1.82) is 0 Å². The lowest BCUT2D eigenvalue weighted by Crippen LogP contribution is -2.53. The molecule has 2 heterocycles. The Morgan fingerprint density at radius 3 is 2.33 bits per heavy atom. The molecule has 14 heteroatoms. The SMILES string of the molecule is COC(=O)c1c(C2=C(Sc3ccccc3)[C@H](O)[C@H]3OC(C)(C)O[C@H]3[C@@H]2NOCc2ccccc2)cc2c(c1OS(=O)(=O)c1ccc(C)cc1)OCO2. The summed E-state index contributed by atoms with van der Waals surface area (Å²) >= 11 is 1.25. The van der Waals surface area contributed by atoms with Crippen LogP contribution >= 0.6 is 11.8 Å². The van der Waals surface area contributed by atoms with E-state index in [4.69, 9.17) is 32.7 Å². The van der Waals surface area contributed by atoms with Crippen molar-refractivity contribution in [2.75, 3.05) is 13.9 Å². The van der Waals surface area contributed by atoms with Gasteiger partial charge in [0.1, 0.15) is 28.8 Å². The zero-order valence-corrected chi connectivity index (χ0v) is 30.4. The Hall–Kier alpha value is -4.41. The van der Waals surface area contributed by atoms with E-state index in [-0.39, 0.29) is 40.9 Å². The van der Waals surface area contributed by atoms with Crippen LogP contribution in [-0.2, 0) is 35.8 Å². The van der Waals surface area contributed by atoms with Crippen LogP contribution in [0.15, 0.2) is 106 Å². The number of hydrogen-bond donors (Lipinski definition) is 2. The Bertz CT molecular complexity index is 2090. The predicted octanol–water partition coefficient (Wildman–Crippen LogP) is 5.77. The number of aliphatic hydroxyl groups excluding tert-OH is 1. The largest absolute Gasteiger partial charge is 0.465 e. The highest BCUT2D eigenvalue weighted by Gasteiger charge is 2.55. The molecule has 0 spiro atoms. The van der Waals surface area contributed by atoms with Crippen LogP contribution < -0.4 is 19.1 Å². The highest BCUT2D eigenvalue weighted by molar-refractivity contribution is 8.03. The van der Waals surface area contributed by atoms with E-state index < -0.39 is 52.0 Å². The number of rotatable bonds is 11. The molecule has 4 aromatic carbocycles. The van der Waals surface area contributed by atoms with Gasteiger partial charge in [-0.25, -0.2) is 4.79 Å². The lowest BCUT2D eigenvalue weighted by atomic mass is 9.82. The van der Waals surface area contributed by atoms with Gasteiger partial charge in [-0.2, -0.15) is 13.9 Å². The minimum Gasteiger partial charge on any atom is -0.465 e. The van der Waals surface area contributed by atoms with Crippen LogP contribution in [0, 0.1) is 6.92 Å². The molecule has 0 aromatic heterocycles. The van der Waals surface area contributed by atoms with Gasteiger partial charge >= 0.3 is 16.1 Å². The molecular formula is C38H37NO11S2. The van der Waals surface area contributed by atoms with Crippen molar-refractivity contribution in [3.63, 3.8) is 0 Å². The third kappa shape index (κ3) is 7.15. The molecule has 52 heavy (non-hydrogen) atoms. The van der Waals surface area contributed by atoms with E-state index in [9.17, 15) is 18.3 Å². The summed E-state index contributed by atoms with van der Waals surface area (Å²) in [6.45, 7) is 5.19. The second kappa shape index (κ2) is 14.5. The van der Waals surface area contributed by atoms with Crippen molar-refractivity contribution in [2.24, 2.45) is 0 Å². The molecule has 0 amide bonds. The number of carbonyl (C=O) groups excluding carboxylic acids is 1. The smallest absolute Gasteiger partial charge is 0.342 e. The van der Waals surface area contributed by atoms with Gasteiger partial charge in [-0.15, -0.1) is 0 Å². The van der Waals surface area contributed by atoms with Crippen molar-refractivity contribution in [3.8, 4) is 17.2 Å². The van der Waals surface area contributed by atoms with Crippen molar-refractivity contribution >= 4 is 33.4 Å². The minimum atomic E-state index is -4.52. The minimum absolute atomic E-state index is 0.0987. The molecule has 1 fully saturated rings. The Morgan fingerprint density at radius 1 is 0.962 bits per heavy atom. The molecule has 4 aromatic rings. The Kier molecular flexibility index (Phi) is 10.1. The summed E-state index contributed by atoms with van der Waals surface area (Å²) in [6, 6.07) is 25.6. The van der Waals surface area contributed by atoms with E-state index in [0.29, 0.717) is 10.5 Å². The average Bonchev–Trinajstić information content (AvgIpc) is 3.74. The van der Waals surface area contributed by atoms with Crippen molar-refractivity contribution in [1.82, 2.24) is 5.48 Å². The summed E-state index contributed by atoms with van der Waals surface area (Å²) in [5.41, 5.74) is 5.07. The summed E-state index contributed by atoms with van der Waals surface area (Å²) in [4.78, 5) is 21.1. The fraction of sp³-hybridized carbons (Fsp3) is 0.289. The first-order chi connectivity index (χ1) is 25.0. The third-order valence-electron chi connectivity index (χ3n) is 8.71. The van der Waals surface area contributed by atoms with E-state index in [2.05, 4.69) is 5.48 Å². The van der Waals surface area contributed by atoms with Crippen LogP contribution in [0.4, 0.5) is 0 Å². The summed E-state index contributed by atoms with van der Waals surface area (Å²) < 4.78 is 62.8. The van der Waals surface area contributed by atoms with Crippen molar-refractivity contribution < 1.29 is 51.0 Å². The summed E-state index contributed by atoms with van der Waals surface area (Å²) in [5, 5.41) is 12.1. The van der Waals surface area contributed by atoms with Gasteiger partial charge in [-0.3, -0.25) is 4.84 Å². The highest BCUT2D eigenvalue weighted by Crippen LogP contribution is 2.53. The van der Waals surface area contributed by atoms with E-state index >= 15 is 0 Å². The number of ether oxygens (including phenoxy) is 5. The van der Waals surface area contributed by atoms with Gasteiger partial charge in [0, 0.05) is 15.4 Å². The highest BCUT2D eigenvalue weighted by atomic mass is 32.2. The number of hydroxylamine groups is 1. The molecule has 1 aliphatic carbocycles. The van der Waals surface area contributed by atoms with Crippen molar-refractivity contribution in [3.05, 3.63) is 118 Å². The molecule has 12 nitrogen and oxygen atoms in total. The summed E-state index contributed by atoms with van der Waals surface area (Å²) in [5.74, 6) is -2.46. The quantitative estimate of drug-likeness (QED) is 0.109. The number of aliphatic hydroxyl groups is 1. The predicted molar refractivity (Wildman–Crippen MR) is 190 cm³/mol. The molecule has 0 bridgehead atoms. The number of thioether (sulfide) groups is 1. The molecule has 272 valence electrons. The van der Waals surface area contributed by atoms with E-state index in [1.807, 2.05) is 67.6 Å². The van der Waals surface area contributed by atoms with Crippen molar-refractivity contribution in [2.45, 2.75) is 67.3 Å². The monoisotopic (exact) mass is 747 g/mol.